The number of carboxylic acid groups (broad SMARTS) is 1. The Bertz CT molecular complexity index is 526. The van der Waals surface area contributed by atoms with Gasteiger partial charge in [0.05, 0.1) is 4.34 Å². The minimum atomic E-state index is -0.774. The Labute approximate surface area is 126 Å². The van der Waals surface area contributed by atoms with Crippen LogP contribution in [0, 0.1) is 5.92 Å². The number of aliphatic carboxylic acids is 1. The minimum absolute atomic E-state index is 0.0210. The number of likely N-dealkylation sites (tertiary alicyclic amines) is 1. The summed E-state index contributed by atoms with van der Waals surface area (Å²) in [6, 6.07) is 3.67. The molecule has 0 saturated carbocycles. The zero-order chi connectivity index (χ0) is 14.5. The highest BCUT2D eigenvalue weighted by Crippen LogP contribution is 2.24. The zero-order valence-electron chi connectivity index (χ0n) is 10.9. The molecule has 1 atom stereocenters. The molecule has 2 heterocycles. The van der Waals surface area contributed by atoms with E-state index in [2.05, 4.69) is 0 Å². The van der Waals surface area contributed by atoms with Crippen LogP contribution in [0.4, 0.5) is 0 Å². The number of hydrogen-bond donors (Lipinski definition) is 1. The Balaban J connectivity index is 1.82. The van der Waals surface area contributed by atoms with Gasteiger partial charge in [-0.05, 0) is 37.0 Å². The van der Waals surface area contributed by atoms with Crippen LogP contribution in [0.25, 0.3) is 6.08 Å². The van der Waals surface area contributed by atoms with Crippen LogP contribution in [0.1, 0.15) is 24.1 Å². The van der Waals surface area contributed by atoms with Crippen molar-refractivity contribution in [2.24, 2.45) is 5.92 Å². The molecule has 1 N–H and O–H groups in total. The van der Waals surface area contributed by atoms with E-state index in [4.69, 9.17) is 16.7 Å². The maximum Gasteiger partial charge on any atom is 0.303 e. The summed E-state index contributed by atoms with van der Waals surface area (Å²) in [5.41, 5.74) is 0. The minimum Gasteiger partial charge on any atom is -0.481 e. The molecule has 1 saturated heterocycles. The molecule has 0 aliphatic carbocycles. The standard InChI is InChI=1S/C14H16ClNO3S/c15-12-4-2-11(20-12)3-5-13(17)16-8-7-10(9-16)1-6-14(18)19/h2-5,10H,1,6-9H2,(H,18,19)/b5-3+. The van der Waals surface area contributed by atoms with Gasteiger partial charge in [0.25, 0.3) is 0 Å². The van der Waals surface area contributed by atoms with Crippen molar-refractivity contribution < 1.29 is 14.7 Å². The zero-order valence-corrected chi connectivity index (χ0v) is 12.5. The quantitative estimate of drug-likeness (QED) is 0.850. The Hall–Kier alpha value is -1.33. The second kappa shape index (κ2) is 6.90. The predicted octanol–water partition coefficient (Wildman–Crippen LogP) is 3.13. The lowest BCUT2D eigenvalue weighted by molar-refractivity contribution is -0.137. The largest absolute Gasteiger partial charge is 0.481 e. The van der Waals surface area contributed by atoms with E-state index in [0.29, 0.717) is 29.8 Å². The number of carbonyl (C=O) groups excluding carboxylic acids is 1. The van der Waals surface area contributed by atoms with Crippen molar-refractivity contribution >= 4 is 40.9 Å². The Morgan fingerprint density at radius 2 is 2.30 bits per heavy atom. The van der Waals surface area contributed by atoms with Gasteiger partial charge >= 0.3 is 5.97 Å². The van der Waals surface area contributed by atoms with Crippen molar-refractivity contribution in [2.45, 2.75) is 19.3 Å². The summed E-state index contributed by atoms with van der Waals surface area (Å²) in [5, 5.41) is 8.66. The first-order valence-electron chi connectivity index (χ1n) is 6.48. The summed E-state index contributed by atoms with van der Waals surface area (Å²) in [6.45, 7) is 1.36. The second-order valence-corrected chi connectivity index (χ2v) is 6.59. The number of halogens is 1. The summed E-state index contributed by atoms with van der Waals surface area (Å²) in [5.74, 6) is -0.490. The SMILES string of the molecule is O=C(O)CCC1CCN(C(=O)/C=C/c2ccc(Cl)s2)C1. The van der Waals surface area contributed by atoms with Gasteiger partial charge < -0.3 is 10.0 Å². The lowest BCUT2D eigenvalue weighted by Crippen LogP contribution is -2.26. The van der Waals surface area contributed by atoms with Crippen LogP contribution < -0.4 is 0 Å². The van der Waals surface area contributed by atoms with Gasteiger partial charge in [0, 0.05) is 30.5 Å². The topological polar surface area (TPSA) is 57.6 Å². The monoisotopic (exact) mass is 313 g/mol. The first-order valence-corrected chi connectivity index (χ1v) is 7.68. The van der Waals surface area contributed by atoms with E-state index in [1.54, 1.807) is 23.1 Å². The lowest BCUT2D eigenvalue weighted by atomic mass is 10.0. The summed E-state index contributed by atoms with van der Waals surface area (Å²) >= 11 is 7.25. The molecular formula is C14H16ClNO3S. The van der Waals surface area contributed by atoms with Crippen LogP contribution in [0.15, 0.2) is 18.2 Å². The van der Waals surface area contributed by atoms with Crippen molar-refractivity contribution in [3.63, 3.8) is 0 Å². The van der Waals surface area contributed by atoms with Crippen molar-refractivity contribution in [3.8, 4) is 0 Å². The van der Waals surface area contributed by atoms with Crippen LogP contribution in [0.3, 0.4) is 0 Å². The van der Waals surface area contributed by atoms with Crippen LogP contribution in [-0.4, -0.2) is 35.0 Å². The summed E-state index contributed by atoms with van der Waals surface area (Å²) in [7, 11) is 0. The number of carbonyl (C=O) groups is 2. The van der Waals surface area contributed by atoms with Crippen LogP contribution in [0.5, 0.6) is 0 Å². The molecule has 1 aliphatic rings. The molecule has 0 radical (unpaired) electrons. The second-order valence-electron chi connectivity index (χ2n) is 4.85. The summed E-state index contributed by atoms with van der Waals surface area (Å²) in [4.78, 5) is 25.3. The Kier molecular flexibility index (Phi) is 5.20. The first-order chi connectivity index (χ1) is 9.54. The normalized spacial score (nSPS) is 18.9. The molecule has 2 rings (SSSR count). The summed E-state index contributed by atoms with van der Waals surface area (Å²) in [6.07, 6.45) is 5.03. The smallest absolute Gasteiger partial charge is 0.303 e. The van der Waals surface area contributed by atoms with Gasteiger partial charge in [-0.25, -0.2) is 0 Å². The van der Waals surface area contributed by atoms with E-state index in [1.165, 1.54) is 11.3 Å². The fraction of sp³-hybridized carbons (Fsp3) is 0.429. The third-order valence-electron chi connectivity index (χ3n) is 3.35. The third-order valence-corrected chi connectivity index (χ3v) is 4.54. The number of amides is 1. The van der Waals surface area contributed by atoms with E-state index < -0.39 is 5.97 Å². The molecule has 6 heteroatoms. The number of hydrogen-bond acceptors (Lipinski definition) is 3. The highest BCUT2D eigenvalue weighted by molar-refractivity contribution is 7.17. The van der Waals surface area contributed by atoms with E-state index in [0.717, 1.165) is 11.3 Å². The van der Waals surface area contributed by atoms with Crippen molar-refractivity contribution in [1.29, 1.82) is 0 Å². The van der Waals surface area contributed by atoms with Crippen molar-refractivity contribution in [3.05, 3.63) is 27.4 Å². The van der Waals surface area contributed by atoms with Crippen molar-refractivity contribution in [2.75, 3.05) is 13.1 Å². The van der Waals surface area contributed by atoms with E-state index >= 15 is 0 Å². The molecule has 4 nitrogen and oxygen atoms in total. The molecule has 1 amide bonds. The Morgan fingerprint density at radius 3 is 2.95 bits per heavy atom. The summed E-state index contributed by atoms with van der Waals surface area (Å²) < 4.78 is 0.701. The van der Waals surface area contributed by atoms with Gasteiger partial charge in [0.15, 0.2) is 0 Å². The molecule has 0 spiro atoms. The van der Waals surface area contributed by atoms with Gasteiger partial charge in [0.1, 0.15) is 0 Å². The van der Waals surface area contributed by atoms with E-state index in [-0.39, 0.29) is 12.3 Å². The number of rotatable bonds is 5. The van der Waals surface area contributed by atoms with Gasteiger partial charge in [0.2, 0.25) is 5.91 Å². The lowest BCUT2D eigenvalue weighted by Gasteiger charge is -2.13. The van der Waals surface area contributed by atoms with Crippen LogP contribution in [0.2, 0.25) is 4.34 Å². The molecule has 108 valence electrons. The maximum atomic E-state index is 12.0. The van der Waals surface area contributed by atoms with Crippen LogP contribution >= 0.6 is 22.9 Å². The fourth-order valence-corrected chi connectivity index (χ4v) is 3.24. The van der Waals surface area contributed by atoms with Crippen molar-refractivity contribution in [1.82, 2.24) is 4.90 Å². The van der Waals surface area contributed by atoms with Gasteiger partial charge in [-0.1, -0.05) is 11.6 Å². The molecule has 1 aliphatic heterocycles. The average Bonchev–Trinajstić information content (AvgIpc) is 3.02. The number of thiophene rings is 1. The van der Waals surface area contributed by atoms with Crippen LogP contribution in [-0.2, 0) is 9.59 Å². The van der Waals surface area contributed by atoms with Gasteiger partial charge in [-0.3, -0.25) is 9.59 Å². The Morgan fingerprint density at radius 1 is 1.50 bits per heavy atom. The van der Waals surface area contributed by atoms with Gasteiger partial charge in [-0.2, -0.15) is 0 Å². The molecule has 1 fully saturated rings. The molecule has 0 aromatic carbocycles. The average molecular weight is 314 g/mol. The first kappa shape index (κ1) is 15.1. The predicted molar refractivity (Wildman–Crippen MR) is 79.9 cm³/mol. The highest BCUT2D eigenvalue weighted by Gasteiger charge is 2.25. The number of carboxylic acids is 1. The third kappa shape index (κ3) is 4.35. The van der Waals surface area contributed by atoms with Gasteiger partial charge in [-0.15, -0.1) is 11.3 Å². The number of nitrogens with zero attached hydrogens (tertiary/aromatic N) is 1. The molecule has 0 bridgehead atoms. The van der Waals surface area contributed by atoms with E-state index in [1.807, 2.05) is 6.07 Å². The van der Waals surface area contributed by atoms with E-state index in [9.17, 15) is 9.59 Å². The highest BCUT2D eigenvalue weighted by atomic mass is 35.5. The molecule has 1 aromatic rings. The molecule has 1 aromatic heterocycles. The molecule has 20 heavy (non-hydrogen) atoms. The molecule has 1 unspecified atom stereocenters. The fourth-order valence-electron chi connectivity index (χ4n) is 2.27. The maximum absolute atomic E-state index is 12.0. The molecular weight excluding hydrogens is 298 g/mol.